The Morgan fingerprint density at radius 3 is 2.88 bits per heavy atom. The van der Waals surface area contributed by atoms with Crippen molar-refractivity contribution in [3.63, 3.8) is 0 Å². The van der Waals surface area contributed by atoms with Crippen molar-refractivity contribution in [2.75, 3.05) is 0 Å². The molecule has 2 aromatic heterocycles. The van der Waals surface area contributed by atoms with Gasteiger partial charge in [-0.25, -0.2) is 4.98 Å². The Morgan fingerprint density at radius 1 is 1.44 bits per heavy atom. The van der Waals surface area contributed by atoms with Gasteiger partial charge in [0.25, 0.3) is 5.22 Å². The quantitative estimate of drug-likeness (QED) is 0.877. The van der Waals surface area contributed by atoms with Gasteiger partial charge in [0, 0.05) is 24.7 Å². The van der Waals surface area contributed by atoms with E-state index in [4.69, 9.17) is 10.2 Å². The lowest BCUT2D eigenvalue weighted by molar-refractivity contribution is 0.429. The Hall–Kier alpha value is -1.40. The van der Waals surface area contributed by atoms with E-state index in [1.807, 2.05) is 19.1 Å². The molecule has 0 aliphatic heterocycles. The van der Waals surface area contributed by atoms with Crippen molar-refractivity contribution in [3.05, 3.63) is 29.8 Å². The summed E-state index contributed by atoms with van der Waals surface area (Å²) in [6, 6.07) is 3.74. The SMILES string of the molecule is Cc1nnc(Sc2ncccc2[C@@H](C)N)o1. The molecule has 5 nitrogen and oxygen atoms in total. The molecule has 0 aromatic carbocycles. The second-order valence-electron chi connectivity index (χ2n) is 3.38. The maximum absolute atomic E-state index is 5.85. The van der Waals surface area contributed by atoms with Crippen molar-refractivity contribution in [2.45, 2.75) is 30.1 Å². The van der Waals surface area contributed by atoms with Crippen LogP contribution in [-0.2, 0) is 0 Å². The van der Waals surface area contributed by atoms with Gasteiger partial charge in [-0.3, -0.25) is 0 Å². The van der Waals surface area contributed by atoms with E-state index in [0.717, 1.165) is 10.6 Å². The molecule has 0 saturated heterocycles. The molecule has 84 valence electrons. The summed E-state index contributed by atoms with van der Waals surface area (Å²) in [4.78, 5) is 4.26. The van der Waals surface area contributed by atoms with Crippen LogP contribution in [0.4, 0.5) is 0 Å². The first kappa shape index (κ1) is 11.1. The first-order valence-corrected chi connectivity index (χ1v) is 5.67. The van der Waals surface area contributed by atoms with Crippen LogP contribution >= 0.6 is 11.8 Å². The lowest BCUT2D eigenvalue weighted by Gasteiger charge is -2.08. The molecule has 2 rings (SSSR count). The molecule has 0 unspecified atom stereocenters. The van der Waals surface area contributed by atoms with Crippen LogP contribution in [0, 0.1) is 6.92 Å². The molecule has 0 aliphatic rings. The zero-order valence-corrected chi connectivity index (χ0v) is 9.86. The predicted molar refractivity (Wildman–Crippen MR) is 60.0 cm³/mol. The summed E-state index contributed by atoms with van der Waals surface area (Å²) in [5, 5.41) is 8.96. The number of rotatable bonds is 3. The van der Waals surface area contributed by atoms with E-state index in [1.165, 1.54) is 11.8 Å². The molecule has 16 heavy (non-hydrogen) atoms. The van der Waals surface area contributed by atoms with Crippen LogP contribution in [0.15, 0.2) is 33.0 Å². The highest BCUT2D eigenvalue weighted by molar-refractivity contribution is 7.99. The molecule has 6 heteroatoms. The molecule has 2 aromatic rings. The number of nitrogens with two attached hydrogens (primary N) is 1. The lowest BCUT2D eigenvalue weighted by atomic mass is 10.2. The van der Waals surface area contributed by atoms with Crippen molar-refractivity contribution in [3.8, 4) is 0 Å². The molecule has 2 heterocycles. The Labute approximate surface area is 97.5 Å². The highest BCUT2D eigenvalue weighted by Crippen LogP contribution is 2.29. The topological polar surface area (TPSA) is 77.8 Å². The Morgan fingerprint density at radius 2 is 2.25 bits per heavy atom. The zero-order chi connectivity index (χ0) is 11.5. The average Bonchev–Trinajstić information content (AvgIpc) is 2.64. The number of pyridine rings is 1. The van der Waals surface area contributed by atoms with E-state index < -0.39 is 0 Å². The van der Waals surface area contributed by atoms with E-state index in [0.29, 0.717) is 11.1 Å². The van der Waals surface area contributed by atoms with E-state index in [9.17, 15) is 0 Å². The summed E-state index contributed by atoms with van der Waals surface area (Å²) in [7, 11) is 0. The number of aryl methyl sites for hydroxylation is 1. The van der Waals surface area contributed by atoms with Crippen LogP contribution in [0.25, 0.3) is 0 Å². The second kappa shape index (κ2) is 4.63. The Balaban J connectivity index is 2.27. The van der Waals surface area contributed by atoms with Crippen LogP contribution in [0.2, 0.25) is 0 Å². The summed E-state index contributed by atoms with van der Waals surface area (Å²) >= 11 is 1.33. The van der Waals surface area contributed by atoms with Crippen LogP contribution in [-0.4, -0.2) is 15.2 Å². The van der Waals surface area contributed by atoms with Crippen LogP contribution < -0.4 is 5.73 Å². The standard InChI is InChI=1S/C10H12N4OS/c1-6(11)8-4-3-5-12-9(8)16-10-14-13-7(2)15-10/h3-6H,11H2,1-2H3/t6-/m1/s1. The minimum atomic E-state index is -0.0692. The molecule has 0 fully saturated rings. The van der Waals surface area contributed by atoms with Crippen LogP contribution in [0.5, 0.6) is 0 Å². The molecule has 0 bridgehead atoms. The minimum absolute atomic E-state index is 0.0692. The van der Waals surface area contributed by atoms with Crippen LogP contribution in [0.3, 0.4) is 0 Å². The summed E-state index contributed by atoms with van der Waals surface area (Å²) < 4.78 is 5.28. The number of aromatic nitrogens is 3. The Kier molecular flexibility index (Phi) is 3.21. The van der Waals surface area contributed by atoms with Crippen molar-refractivity contribution < 1.29 is 4.42 Å². The Bertz CT molecular complexity index is 483. The molecule has 0 aliphatic carbocycles. The predicted octanol–water partition coefficient (Wildman–Crippen LogP) is 1.94. The second-order valence-corrected chi connectivity index (χ2v) is 4.32. The minimum Gasteiger partial charge on any atom is -0.416 e. The molecular formula is C10H12N4OS. The van der Waals surface area contributed by atoms with E-state index in [-0.39, 0.29) is 6.04 Å². The molecule has 0 spiro atoms. The maximum Gasteiger partial charge on any atom is 0.282 e. The van der Waals surface area contributed by atoms with Crippen molar-refractivity contribution in [2.24, 2.45) is 5.73 Å². The maximum atomic E-state index is 5.85. The van der Waals surface area contributed by atoms with Gasteiger partial charge in [-0.15, -0.1) is 10.2 Å². The van der Waals surface area contributed by atoms with Gasteiger partial charge in [0.1, 0.15) is 5.03 Å². The summed E-state index contributed by atoms with van der Waals surface area (Å²) in [6.07, 6.45) is 1.72. The third kappa shape index (κ3) is 2.40. The van der Waals surface area contributed by atoms with E-state index >= 15 is 0 Å². The summed E-state index contributed by atoms with van der Waals surface area (Å²) in [5.41, 5.74) is 6.83. The molecule has 2 N–H and O–H groups in total. The summed E-state index contributed by atoms with van der Waals surface area (Å²) in [6.45, 7) is 3.67. The lowest BCUT2D eigenvalue weighted by Crippen LogP contribution is -2.07. The third-order valence-electron chi connectivity index (χ3n) is 1.98. The van der Waals surface area contributed by atoms with Gasteiger partial charge < -0.3 is 10.2 Å². The zero-order valence-electron chi connectivity index (χ0n) is 9.04. The highest BCUT2D eigenvalue weighted by Gasteiger charge is 2.12. The smallest absolute Gasteiger partial charge is 0.282 e. The van der Waals surface area contributed by atoms with Gasteiger partial charge in [-0.1, -0.05) is 6.07 Å². The normalized spacial score (nSPS) is 12.7. The van der Waals surface area contributed by atoms with Crippen molar-refractivity contribution in [1.29, 1.82) is 0 Å². The molecule has 0 radical (unpaired) electrons. The fraction of sp³-hybridized carbons (Fsp3) is 0.300. The fourth-order valence-electron chi connectivity index (χ4n) is 1.24. The van der Waals surface area contributed by atoms with Gasteiger partial charge in [0.15, 0.2) is 0 Å². The number of hydrogen-bond donors (Lipinski definition) is 1. The van der Waals surface area contributed by atoms with Crippen molar-refractivity contribution in [1.82, 2.24) is 15.2 Å². The van der Waals surface area contributed by atoms with E-state index in [1.54, 1.807) is 13.1 Å². The summed E-state index contributed by atoms with van der Waals surface area (Å²) in [5.74, 6) is 0.542. The molecule has 0 saturated carbocycles. The largest absolute Gasteiger partial charge is 0.416 e. The molecule has 0 amide bonds. The van der Waals surface area contributed by atoms with Gasteiger partial charge >= 0.3 is 0 Å². The number of nitrogens with zero attached hydrogens (tertiary/aromatic N) is 3. The number of hydrogen-bond acceptors (Lipinski definition) is 6. The molecule has 1 atom stereocenters. The third-order valence-corrected chi connectivity index (χ3v) is 2.86. The highest BCUT2D eigenvalue weighted by atomic mass is 32.2. The van der Waals surface area contributed by atoms with E-state index in [2.05, 4.69) is 15.2 Å². The first-order valence-electron chi connectivity index (χ1n) is 4.85. The fourth-order valence-corrected chi connectivity index (χ4v) is 2.13. The monoisotopic (exact) mass is 236 g/mol. The van der Waals surface area contributed by atoms with Gasteiger partial charge in [-0.2, -0.15) is 0 Å². The molecular weight excluding hydrogens is 224 g/mol. The average molecular weight is 236 g/mol. The first-order chi connectivity index (χ1) is 7.66. The van der Waals surface area contributed by atoms with Gasteiger partial charge in [0.2, 0.25) is 5.89 Å². The van der Waals surface area contributed by atoms with Crippen LogP contribution in [0.1, 0.15) is 24.4 Å². The van der Waals surface area contributed by atoms with Gasteiger partial charge in [0.05, 0.1) is 0 Å². The van der Waals surface area contributed by atoms with Crippen molar-refractivity contribution >= 4 is 11.8 Å². The van der Waals surface area contributed by atoms with Gasteiger partial charge in [-0.05, 0) is 24.8 Å².